The first kappa shape index (κ1) is 13.8. The van der Waals surface area contributed by atoms with E-state index in [0.29, 0.717) is 0 Å². The molecule has 1 amide bonds. The Morgan fingerprint density at radius 2 is 1.79 bits per heavy atom. The predicted octanol–water partition coefficient (Wildman–Crippen LogP) is 3.42. The molecule has 0 radical (unpaired) electrons. The maximum Gasteiger partial charge on any atom is 0.243 e. The van der Waals surface area contributed by atoms with Crippen LogP contribution in [0.25, 0.3) is 0 Å². The van der Waals surface area contributed by atoms with Crippen LogP contribution in [0.3, 0.4) is 0 Å². The zero-order valence-corrected chi connectivity index (χ0v) is 11.8. The van der Waals surface area contributed by atoms with Crippen molar-refractivity contribution in [2.24, 2.45) is 11.0 Å². The number of hydrogen-bond donors (Lipinski definition) is 1. The summed E-state index contributed by atoms with van der Waals surface area (Å²) in [5.41, 5.74) is 5.84. The Hall–Kier alpha value is -1.64. The third kappa shape index (κ3) is 3.91. The maximum absolute atomic E-state index is 12.0. The monoisotopic (exact) mass is 258 g/mol. The summed E-state index contributed by atoms with van der Waals surface area (Å²) in [5, 5.41) is 4.22. The summed E-state index contributed by atoms with van der Waals surface area (Å²) < 4.78 is 0. The van der Waals surface area contributed by atoms with Gasteiger partial charge in [-0.15, -0.1) is 0 Å². The van der Waals surface area contributed by atoms with Crippen molar-refractivity contribution in [1.29, 1.82) is 0 Å². The van der Waals surface area contributed by atoms with Crippen LogP contribution in [-0.4, -0.2) is 11.6 Å². The van der Waals surface area contributed by atoms with Gasteiger partial charge < -0.3 is 0 Å². The third-order valence-corrected chi connectivity index (χ3v) is 3.78. The van der Waals surface area contributed by atoms with Crippen LogP contribution in [0.4, 0.5) is 0 Å². The fourth-order valence-corrected chi connectivity index (χ4v) is 2.45. The summed E-state index contributed by atoms with van der Waals surface area (Å²) in [7, 11) is 0. The molecule has 1 N–H and O–H groups in total. The molecule has 2 rings (SSSR count). The number of rotatable bonds is 3. The van der Waals surface area contributed by atoms with E-state index in [1.807, 2.05) is 19.1 Å². The van der Waals surface area contributed by atoms with Gasteiger partial charge in [-0.05, 0) is 32.3 Å². The SMILES string of the molecule is CC(=NNC(=O)C1CCCCC1)c1ccc(C)cc1. The Bertz CT molecular complexity index is 456. The van der Waals surface area contributed by atoms with Gasteiger partial charge in [0.05, 0.1) is 5.71 Å². The van der Waals surface area contributed by atoms with Crippen molar-refractivity contribution < 1.29 is 4.79 Å². The number of hydrogen-bond acceptors (Lipinski definition) is 2. The zero-order chi connectivity index (χ0) is 13.7. The second-order valence-corrected chi connectivity index (χ2v) is 5.37. The molecule has 1 aliphatic rings. The van der Waals surface area contributed by atoms with Gasteiger partial charge in [-0.3, -0.25) is 4.79 Å². The number of aryl methyl sites for hydroxylation is 1. The summed E-state index contributed by atoms with van der Waals surface area (Å²) in [5.74, 6) is 0.231. The van der Waals surface area contributed by atoms with Crippen LogP contribution in [0.5, 0.6) is 0 Å². The molecular weight excluding hydrogens is 236 g/mol. The van der Waals surface area contributed by atoms with Crippen LogP contribution in [0.15, 0.2) is 29.4 Å². The quantitative estimate of drug-likeness (QED) is 0.655. The molecule has 1 aromatic carbocycles. The molecule has 3 nitrogen and oxygen atoms in total. The molecule has 1 saturated carbocycles. The minimum atomic E-state index is 0.0751. The van der Waals surface area contributed by atoms with Crippen molar-refractivity contribution in [3.63, 3.8) is 0 Å². The van der Waals surface area contributed by atoms with E-state index in [-0.39, 0.29) is 11.8 Å². The highest BCUT2D eigenvalue weighted by molar-refractivity contribution is 5.99. The summed E-state index contributed by atoms with van der Waals surface area (Å²) in [6.07, 6.45) is 5.60. The highest BCUT2D eigenvalue weighted by Gasteiger charge is 2.20. The minimum absolute atomic E-state index is 0.0751. The van der Waals surface area contributed by atoms with Crippen LogP contribution >= 0.6 is 0 Å². The number of hydrazone groups is 1. The normalized spacial score (nSPS) is 17.3. The summed E-state index contributed by atoms with van der Waals surface area (Å²) in [6.45, 7) is 3.98. The molecular formula is C16H22N2O. The van der Waals surface area contributed by atoms with E-state index >= 15 is 0 Å². The lowest BCUT2D eigenvalue weighted by atomic mass is 9.89. The molecule has 102 valence electrons. The molecule has 1 aliphatic carbocycles. The van der Waals surface area contributed by atoms with Crippen LogP contribution in [0.2, 0.25) is 0 Å². The lowest BCUT2D eigenvalue weighted by Gasteiger charge is -2.19. The van der Waals surface area contributed by atoms with Gasteiger partial charge in [-0.2, -0.15) is 5.10 Å². The molecule has 1 fully saturated rings. The largest absolute Gasteiger partial charge is 0.273 e. The van der Waals surface area contributed by atoms with Gasteiger partial charge in [0.25, 0.3) is 0 Å². The van der Waals surface area contributed by atoms with Gasteiger partial charge in [0.1, 0.15) is 0 Å². The average Bonchev–Trinajstić information content (AvgIpc) is 2.46. The zero-order valence-electron chi connectivity index (χ0n) is 11.8. The number of amides is 1. The van der Waals surface area contributed by atoms with E-state index in [4.69, 9.17) is 0 Å². The van der Waals surface area contributed by atoms with E-state index < -0.39 is 0 Å². The first-order valence-electron chi connectivity index (χ1n) is 7.08. The molecule has 0 heterocycles. The van der Waals surface area contributed by atoms with E-state index in [1.165, 1.54) is 24.8 Å². The highest BCUT2D eigenvalue weighted by Crippen LogP contribution is 2.23. The molecule has 1 aromatic rings. The minimum Gasteiger partial charge on any atom is -0.273 e. The fraction of sp³-hybridized carbons (Fsp3) is 0.500. The molecule has 0 unspecified atom stereocenters. The molecule has 0 bridgehead atoms. The summed E-state index contributed by atoms with van der Waals surface area (Å²) >= 11 is 0. The Morgan fingerprint density at radius 3 is 2.42 bits per heavy atom. The first-order valence-corrected chi connectivity index (χ1v) is 7.08. The molecule has 19 heavy (non-hydrogen) atoms. The van der Waals surface area contributed by atoms with Crippen LogP contribution in [-0.2, 0) is 4.79 Å². The Kier molecular flexibility index (Phi) is 4.72. The highest BCUT2D eigenvalue weighted by atomic mass is 16.2. The van der Waals surface area contributed by atoms with Crippen LogP contribution in [0, 0.1) is 12.8 Å². The summed E-state index contributed by atoms with van der Waals surface area (Å²) in [6, 6.07) is 8.16. The number of nitrogens with one attached hydrogen (secondary N) is 1. The van der Waals surface area contributed by atoms with Gasteiger partial charge in [0.2, 0.25) is 5.91 Å². The number of carbonyl (C=O) groups excluding carboxylic acids is 1. The van der Waals surface area contributed by atoms with Crippen molar-refractivity contribution in [2.45, 2.75) is 46.0 Å². The van der Waals surface area contributed by atoms with Gasteiger partial charge in [0.15, 0.2) is 0 Å². The molecule has 3 heteroatoms. The Morgan fingerprint density at radius 1 is 1.16 bits per heavy atom. The molecule has 0 aromatic heterocycles. The standard InChI is InChI=1S/C16H22N2O/c1-12-8-10-14(11-9-12)13(2)17-18-16(19)15-6-4-3-5-7-15/h8-11,15H,3-7H2,1-2H3,(H,18,19). The van der Waals surface area contributed by atoms with E-state index in [0.717, 1.165) is 24.1 Å². The van der Waals surface area contributed by atoms with Gasteiger partial charge in [-0.25, -0.2) is 5.43 Å². The fourth-order valence-electron chi connectivity index (χ4n) is 2.45. The van der Waals surface area contributed by atoms with Crippen LogP contribution < -0.4 is 5.43 Å². The van der Waals surface area contributed by atoms with Crippen molar-refractivity contribution in [2.75, 3.05) is 0 Å². The predicted molar refractivity (Wildman–Crippen MR) is 78.1 cm³/mol. The Labute approximate surface area is 115 Å². The van der Waals surface area contributed by atoms with E-state index in [2.05, 4.69) is 29.6 Å². The van der Waals surface area contributed by atoms with Crippen molar-refractivity contribution >= 4 is 11.6 Å². The average molecular weight is 258 g/mol. The topological polar surface area (TPSA) is 41.5 Å². The molecule has 0 spiro atoms. The van der Waals surface area contributed by atoms with Crippen molar-refractivity contribution in [3.8, 4) is 0 Å². The lowest BCUT2D eigenvalue weighted by Crippen LogP contribution is -2.29. The van der Waals surface area contributed by atoms with Gasteiger partial charge in [0, 0.05) is 5.92 Å². The van der Waals surface area contributed by atoms with Gasteiger partial charge >= 0.3 is 0 Å². The lowest BCUT2D eigenvalue weighted by molar-refractivity contribution is -0.125. The van der Waals surface area contributed by atoms with Crippen molar-refractivity contribution in [1.82, 2.24) is 5.43 Å². The van der Waals surface area contributed by atoms with Crippen LogP contribution in [0.1, 0.15) is 50.2 Å². The molecule has 0 atom stereocenters. The second-order valence-electron chi connectivity index (χ2n) is 5.37. The number of benzene rings is 1. The first-order chi connectivity index (χ1) is 9.16. The second kappa shape index (κ2) is 6.50. The van der Waals surface area contributed by atoms with E-state index in [9.17, 15) is 4.79 Å². The Balaban J connectivity index is 1.93. The summed E-state index contributed by atoms with van der Waals surface area (Å²) in [4.78, 5) is 12.0. The van der Waals surface area contributed by atoms with Gasteiger partial charge in [-0.1, -0.05) is 49.1 Å². The third-order valence-electron chi connectivity index (χ3n) is 3.78. The van der Waals surface area contributed by atoms with Crippen molar-refractivity contribution in [3.05, 3.63) is 35.4 Å². The maximum atomic E-state index is 12.0. The smallest absolute Gasteiger partial charge is 0.243 e. The molecule has 0 aliphatic heterocycles. The molecule has 0 saturated heterocycles. The number of carbonyl (C=O) groups is 1. The number of nitrogens with zero attached hydrogens (tertiary/aromatic N) is 1. The van der Waals surface area contributed by atoms with E-state index in [1.54, 1.807) is 0 Å².